The topological polar surface area (TPSA) is 116 Å². The predicted molar refractivity (Wildman–Crippen MR) is 179 cm³/mol. The summed E-state index contributed by atoms with van der Waals surface area (Å²) < 4.78 is 81.0. The number of anilines is 2. The van der Waals surface area contributed by atoms with E-state index in [9.17, 15) is 35.6 Å². The van der Waals surface area contributed by atoms with E-state index in [0.717, 1.165) is 46.4 Å². The monoisotopic (exact) mass is 710 g/mol. The van der Waals surface area contributed by atoms with Gasteiger partial charge in [0.05, 0.1) is 28.4 Å². The van der Waals surface area contributed by atoms with Crippen LogP contribution in [-0.4, -0.2) is 73.1 Å². The second-order valence-corrected chi connectivity index (χ2v) is 14.0. The Morgan fingerprint density at radius 2 is 1.50 bits per heavy atom. The predicted octanol–water partition coefficient (Wildman–Crippen LogP) is 5.30. The van der Waals surface area contributed by atoms with Gasteiger partial charge >= 0.3 is 6.18 Å². The summed E-state index contributed by atoms with van der Waals surface area (Å²) in [5.74, 6) is -0.802. The van der Waals surface area contributed by atoms with Gasteiger partial charge in [-0.05, 0) is 86.5 Å². The van der Waals surface area contributed by atoms with E-state index in [1.165, 1.54) is 19.1 Å². The molecule has 3 aromatic carbocycles. The van der Waals surface area contributed by atoms with Crippen molar-refractivity contribution in [2.75, 3.05) is 42.5 Å². The maximum Gasteiger partial charge on any atom is 0.416 e. The molecule has 1 atom stereocenters. The maximum atomic E-state index is 13.4. The van der Waals surface area contributed by atoms with Gasteiger partial charge in [0.15, 0.2) is 5.78 Å². The van der Waals surface area contributed by atoms with Crippen molar-refractivity contribution < 1.29 is 35.6 Å². The van der Waals surface area contributed by atoms with E-state index in [4.69, 9.17) is 0 Å². The summed E-state index contributed by atoms with van der Waals surface area (Å²) in [6.45, 7) is 3.81. The molecule has 0 saturated carbocycles. The van der Waals surface area contributed by atoms with Crippen molar-refractivity contribution in [1.29, 1.82) is 0 Å². The van der Waals surface area contributed by atoms with Gasteiger partial charge in [-0.2, -0.15) is 17.5 Å². The van der Waals surface area contributed by atoms with Crippen molar-refractivity contribution in [3.8, 4) is 11.3 Å². The van der Waals surface area contributed by atoms with E-state index >= 15 is 0 Å². The molecule has 2 aliphatic rings. The molecule has 0 bridgehead atoms. The number of aromatic nitrogens is 2. The van der Waals surface area contributed by atoms with Crippen LogP contribution in [0.4, 0.5) is 29.2 Å². The van der Waals surface area contributed by atoms with Crippen molar-refractivity contribution >= 4 is 33.3 Å². The summed E-state index contributed by atoms with van der Waals surface area (Å²) in [6, 6.07) is 17.0. The number of carbonyl (C=O) groups is 2. The number of nitrogens with zero attached hydrogens (tertiary/aromatic N) is 5. The van der Waals surface area contributed by atoms with Crippen molar-refractivity contribution in [2.45, 2.75) is 43.4 Å². The van der Waals surface area contributed by atoms with E-state index < -0.39 is 39.5 Å². The van der Waals surface area contributed by atoms with E-state index in [2.05, 4.69) is 20.2 Å². The highest BCUT2D eigenvalue weighted by molar-refractivity contribution is 7.89. The van der Waals surface area contributed by atoms with E-state index in [1.54, 1.807) is 18.2 Å². The quantitative estimate of drug-likeness (QED) is 0.184. The third-order valence-electron chi connectivity index (χ3n) is 8.85. The number of halogens is 4. The molecule has 262 valence electrons. The summed E-state index contributed by atoms with van der Waals surface area (Å²) in [6.07, 6.45) is -3.75. The molecule has 1 amide bonds. The Morgan fingerprint density at radius 3 is 2.12 bits per heavy atom. The number of rotatable bonds is 9. The molecule has 2 fully saturated rings. The van der Waals surface area contributed by atoms with Crippen LogP contribution in [0.5, 0.6) is 0 Å². The number of sulfonamides is 1. The number of amides is 1. The summed E-state index contributed by atoms with van der Waals surface area (Å²) in [5, 5.41) is 2.79. The lowest BCUT2D eigenvalue weighted by Gasteiger charge is -2.36. The summed E-state index contributed by atoms with van der Waals surface area (Å²) in [4.78, 5) is 38.4. The first-order valence-corrected chi connectivity index (χ1v) is 17.5. The third-order valence-corrected chi connectivity index (χ3v) is 10.8. The molecule has 10 nitrogen and oxygen atoms in total. The molecule has 0 radical (unpaired) electrons. The van der Waals surface area contributed by atoms with Crippen molar-refractivity contribution in [3.05, 3.63) is 102 Å². The average Bonchev–Trinajstić information content (AvgIpc) is 3.62. The number of ketones is 1. The van der Waals surface area contributed by atoms with Crippen LogP contribution in [0.3, 0.4) is 0 Å². The molecule has 1 aromatic heterocycles. The van der Waals surface area contributed by atoms with Crippen LogP contribution in [0.2, 0.25) is 0 Å². The lowest BCUT2D eigenvalue weighted by molar-refractivity contribution is -0.137. The number of alkyl halides is 3. The first-order valence-electron chi connectivity index (χ1n) is 16.0. The van der Waals surface area contributed by atoms with Crippen LogP contribution in [-0.2, 0) is 27.5 Å². The lowest BCUT2D eigenvalue weighted by Crippen LogP contribution is -2.47. The van der Waals surface area contributed by atoms with E-state index in [-0.39, 0.29) is 23.8 Å². The number of Topliss-reactive ketones (excluding diaryl/α,β-unsaturated/α-hetero) is 1. The fourth-order valence-corrected chi connectivity index (χ4v) is 7.75. The molecule has 6 rings (SSSR count). The first-order chi connectivity index (χ1) is 23.8. The standard InChI is InChI=1S/C35H34F4N6O4S/c1-23(46)24-6-12-29(13-7-24)43-17-19-44(20-18-43)34-41-28(21-31(42-34)25-4-8-26(9-5-25)35(37,38)39)22-40-33(47)32-3-2-16-45(32)50(48,49)30-14-10-27(36)11-15-30/h4-15,21,32H,2-3,16-20,22H2,1H3,(H,40,47). The highest BCUT2D eigenvalue weighted by atomic mass is 32.2. The average molecular weight is 711 g/mol. The maximum absolute atomic E-state index is 13.4. The molecular formula is C35H34F4N6O4S. The Bertz CT molecular complexity index is 1970. The van der Waals surface area contributed by atoms with Crippen LogP contribution in [0.1, 0.15) is 41.4 Å². The Labute approximate surface area is 286 Å². The molecule has 2 saturated heterocycles. The van der Waals surface area contributed by atoms with Gasteiger partial charge in [-0.25, -0.2) is 22.8 Å². The second-order valence-electron chi connectivity index (χ2n) is 12.1. The van der Waals surface area contributed by atoms with Crippen LogP contribution in [0.25, 0.3) is 11.3 Å². The van der Waals surface area contributed by atoms with Crippen LogP contribution in [0, 0.1) is 5.82 Å². The van der Waals surface area contributed by atoms with Gasteiger partial charge in [0.25, 0.3) is 0 Å². The van der Waals surface area contributed by atoms with Crippen molar-refractivity contribution in [2.24, 2.45) is 0 Å². The summed E-state index contributed by atoms with van der Waals surface area (Å²) >= 11 is 0. The van der Waals surface area contributed by atoms with Gasteiger partial charge in [-0.1, -0.05) is 12.1 Å². The number of carbonyl (C=O) groups excluding carboxylic acids is 2. The van der Waals surface area contributed by atoms with Gasteiger partial charge < -0.3 is 15.1 Å². The van der Waals surface area contributed by atoms with Crippen LogP contribution in [0.15, 0.2) is 83.8 Å². The number of nitrogens with one attached hydrogen (secondary N) is 1. The Morgan fingerprint density at radius 1 is 0.860 bits per heavy atom. The molecule has 15 heteroatoms. The normalized spacial score (nSPS) is 17.2. The van der Waals surface area contributed by atoms with Crippen molar-refractivity contribution in [1.82, 2.24) is 19.6 Å². The van der Waals surface area contributed by atoms with Crippen LogP contribution < -0.4 is 15.1 Å². The number of benzene rings is 3. The first kappa shape index (κ1) is 35.0. The molecule has 4 aromatic rings. The molecule has 50 heavy (non-hydrogen) atoms. The Hall–Kier alpha value is -4.89. The SMILES string of the molecule is CC(=O)c1ccc(N2CCN(c3nc(CNC(=O)C4CCCN4S(=O)(=O)c4ccc(F)cc4)cc(-c4ccc(C(F)(F)F)cc4)n3)CC2)cc1. The van der Waals surface area contributed by atoms with E-state index in [0.29, 0.717) is 67.5 Å². The fraction of sp³-hybridized carbons (Fsp3) is 0.314. The van der Waals surface area contributed by atoms with Gasteiger partial charge in [-0.3, -0.25) is 9.59 Å². The molecule has 3 heterocycles. The summed E-state index contributed by atoms with van der Waals surface area (Å²) in [5.41, 5.74) is 1.94. The molecule has 0 aliphatic carbocycles. The molecule has 2 aliphatic heterocycles. The largest absolute Gasteiger partial charge is 0.416 e. The zero-order chi connectivity index (χ0) is 35.6. The minimum Gasteiger partial charge on any atom is -0.368 e. The molecular weight excluding hydrogens is 676 g/mol. The Kier molecular flexibility index (Phi) is 9.89. The van der Waals surface area contributed by atoms with Crippen molar-refractivity contribution in [3.63, 3.8) is 0 Å². The lowest BCUT2D eigenvalue weighted by atomic mass is 10.1. The highest BCUT2D eigenvalue weighted by Gasteiger charge is 2.39. The van der Waals surface area contributed by atoms with E-state index in [1.807, 2.05) is 17.0 Å². The smallest absolute Gasteiger partial charge is 0.368 e. The number of hydrogen-bond donors (Lipinski definition) is 1. The zero-order valence-electron chi connectivity index (χ0n) is 27.0. The van der Waals surface area contributed by atoms with Crippen LogP contribution >= 0.6 is 0 Å². The third kappa shape index (κ3) is 7.63. The molecule has 0 spiro atoms. The zero-order valence-corrected chi connectivity index (χ0v) is 27.8. The minimum atomic E-state index is -4.50. The number of piperazine rings is 1. The second kappa shape index (κ2) is 14.2. The summed E-state index contributed by atoms with van der Waals surface area (Å²) in [7, 11) is -4.07. The Balaban J connectivity index is 1.21. The van der Waals surface area contributed by atoms with Gasteiger partial charge in [0.2, 0.25) is 21.9 Å². The molecule has 1 N–H and O–H groups in total. The highest BCUT2D eigenvalue weighted by Crippen LogP contribution is 2.32. The van der Waals surface area contributed by atoms with Gasteiger partial charge in [0.1, 0.15) is 11.9 Å². The fourth-order valence-electron chi connectivity index (χ4n) is 6.09. The van der Waals surface area contributed by atoms with Gasteiger partial charge in [-0.15, -0.1) is 0 Å². The minimum absolute atomic E-state index is 0.0194. The van der Waals surface area contributed by atoms with Gasteiger partial charge in [0, 0.05) is 49.5 Å². The molecule has 1 unspecified atom stereocenters. The number of hydrogen-bond acceptors (Lipinski definition) is 8.